The molecular formula is C18H22ClNO. The number of methoxy groups -OCH3 is 1. The van der Waals surface area contributed by atoms with Gasteiger partial charge in [0.2, 0.25) is 0 Å². The van der Waals surface area contributed by atoms with E-state index in [-0.39, 0.29) is 0 Å². The maximum absolute atomic E-state index is 6.17. The van der Waals surface area contributed by atoms with Crippen molar-refractivity contribution >= 4 is 11.6 Å². The first kappa shape index (κ1) is 15.9. The minimum Gasteiger partial charge on any atom is -0.495 e. The molecule has 0 saturated carbocycles. The van der Waals surface area contributed by atoms with Crippen LogP contribution in [0.25, 0.3) is 0 Å². The van der Waals surface area contributed by atoms with Gasteiger partial charge in [0.15, 0.2) is 0 Å². The van der Waals surface area contributed by atoms with Gasteiger partial charge in [0.1, 0.15) is 5.75 Å². The lowest BCUT2D eigenvalue weighted by molar-refractivity contribution is 0.408. The molecular weight excluding hydrogens is 282 g/mol. The monoisotopic (exact) mass is 303 g/mol. The van der Waals surface area contributed by atoms with E-state index in [1.54, 1.807) is 7.11 Å². The molecule has 2 nitrogen and oxygen atoms in total. The first-order chi connectivity index (χ1) is 10.1. The van der Waals surface area contributed by atoms with E-state index in [0.717, 1.165) is 12.1 Å². The lowest BCUT2D eigenvalue weighted by Gasteiger charge is -2.23. The molecule has 112 valence electrons. The fourth-order valence-corrected chi connectivity index (χ4v) is 2.73. The third kappa shape index (κ3) is 4.23. The first-order valence-electron chi connectivity index (χ1n) is 7.22. The van der Waals surface area contributed by atoms with Crippen molar-refractivity contribution in [3.05, 3.63) is 64.7 Å². The van der Waals surface area contributed by atoms with Crippen LogP contribution in [0.3, 0.4) is 0 Å². The molecule has 0 aliphatic rings. The van der Waals surface area contributed by atoms with Crippen LogP contribution in [0.2, 0.25) is 5.02 Å². The number of hydrogen-bond acceptors (Lipinski definition) is 2. The Bertz CT molecular complexity index is 569. The summed E-state index contributed by atoms with van der Waals surface area (Å²) in [5.41, 5.74) is 2.47. The van der Waals surface area contributed by atoms with Gasteiger partial charge in [-0.15, -0.1) is 0 Å². The van der Waals surface area contributed by atoms with Crippen LogP contribution in [0.1, 0.15) is 31.0 Å². The molecule has 2 rings (SSSR count). The van der Waals surface area contributed by atoms with Gasteiger partial charge in [-0.3, -0.25) is 0 Å². The van der Waals surface area contributed by atoms with Crippen molar-refractivity contribution in [3.63, 3.8) is 0 Å². The van der Waals surface area contributed by atoms with Crippen molar-refractivity contribution in [1.82, 2.24) is 5.32 Å². The van der Waals surface area contributed by atoms with Crippen LogP contribution in [0.4, 0.5) is 0 Å². The number of benzene rings is 2. The van der Waals surface area contributed by atoms with Crippen LogP contribution in [-0.4, -0.2) is 7.11 Å². The zero-order valence-electron chi connectivity index (χ0n) is 12.8. The molecule has 0 aliphatic carbocycles. The lowest BCUT2D eigenvalue weighted by Crippen LogP contribution is -2.25. The average Bonchev–Trinajstić information content (AvgIpc) is 2.48. The van der Waals surface area contributed by atoms with Crippen molar-refractivity contribution in [2.75, 3.05) is 7.11 Å². The maximum atomic E-state index is 6.17. The third-order valence-corrected chi connectivity index (χ3v) is 3.86. The summed E-state index contributed by atoms with van der Waals surface area (Å²) in [6, 6.07) is 16.8. The molecule has 1 atom stereocenters. The van der Waals surface area contributed by atoms with Crippen LogP contribution in [0.15, 0.2) is 48.5 Å². The summed E-state index contributed by atoms with van der Waals surface area (Å²) in [6.07, 6.45) is 0. The summed E-state index contributed by atoms with van der Waals surface area (Å²) < 4.78 is 5.18. The van der Waals surface area contributed by atoms with Crippen LogP contribution >= 0.6 is 11.6 Å². The van der Waals surface area contributed by atoms with Crippen molar-refractivity contribution in [1.29, 1.82) is 0 Å². The van der Waals surface area contributed by atoms with E-state index in [1.807, 2.05) is 24.3 Å². The number of rotatable bonds is 6. The summed E-state index contributed by atoms with van der Waals surface area (Å²) in [5.74, 6) is 1.23. The Hall–Kier alpha value is -1.51. The van der Waals surface area contributed by atoms with E-state index in [2.05, 4.69) is 43.4 Å². The second kappa shape index (κ2) is 7.48. The maximum Gasteiger partial charge on any atom is 0.137 e. The van der Waals surface area contributed by atoms with E-state index in [1.165, 1.54) is 5.56 Å². The molecule has 21 heavy (non-hydrogen) atoms. The lowest BCUT2D eigenvalue weighted by atomic mass is 9.96. The van der Waals surface area contributed by atoms with Gasteiger partial charge in [-0.05, 0) is 29.2 Å². The molecule has 1 N–H and O–H groups in total. The van der Waals surface area contributed by atoms with E-state index in [4.69, 9.17) is 16.3 Å². The highest BCUT2D eigenvalue weighted by atomic mass is 35.5. The highest BCUT2D eigenvalue weighted by Gasteiger charge is 2.14. The summed E-state index contributed by atoms with van der Waals surface area (Å²) in [6.45, 7) is 5.23. The molecule has 2 aromatic rings. The Morgan fingerprint density at radius 1 is 1.10 bits per heavy atom. The van der Waals surface area contributed by atoms with Crippen LogP contribution < -0.4 is 10.1 Å². The second-order valence-corrected chi connectivity index (χ2v) is 5.89. The topological polar surface area (TPSA) is 21.3 Å². The van der Waals surface area contributed by atoms with Gasteiger partial charge in [0, 0.05) is 12.6 Å². The van der Waals surface area contributed by atoms with Crippen LogP contribution in [0.5, 0.6) is 5.75 Å². The Morgan fingerprint density at radius 3 is 2.38 bits per heavy atom. The van der Waals surface area contributed by atoms with Gasteiger partial charge in [0.25, 0.3) is 0 Å². The number of hydrogen-bond donors (Lipinski definition) is 1. The van der Waals surface area contributed by atoms with E-state index < -0.39 is 0 Å². The van der Waals surface area contributed by atoms with Crippen LogP contribution in [0, 0.1) is 5.92 Å². The molecule has 0 heterocycles. The Balaban J connectivity index is 2.07. The molecule has 0 aromatic heterocycles. The van der Waals surface area contributed by atoms with Crippen molar-refractivity contribution in [2.24, 2.45) is 5.92 Å². The highest BCUT2D eigenvalue weighted by molar-refractivity contribution is 6.32. The molecule has 3 heteroatoms. The zero-order chi connectivity index (χ0) is 15.2. The summed E-state index contributed by atoms with van der Waals surface area (Å²) in [7, 11) is 1.63. The van der Waals surface area contributed by atoms with Gasteiger partial charge >= 0.3 is 0 Å². The molecule has 2 aromatic carbocycles. The molecule has 1 unspecified atom stereocenters. The van der Waals surface area contributed by atoms with Crippen molar-refractivity contribution < 1.29 is 4.74 Å². The van der Waals surface area contributed by atoms with Crippen molar-refractivity contribution in [2.45, 2.75) is 26.4 Å². The minimum atomic E-state index is 0.326. The Morgan fingerprint density at radius 2 is 1.81 bits per heavy atom. The number of halogens is 1. The first-order valence-corrected chi connectivity index (χ1v) is 7.60. The van der Waals surface area contributed by atoms with Gasteiger partial charge in [-0.2, -0.15) is 0 Å². The standard InChI is InChI=1S/C18H22ClNO/c1-13(2)18(15-7-5-4-6-8-15)20-12-14-9-10-17(21-3)16(19)11-14/h4-11,13,18,20H,12H2,1-3H3. The SMILES string of the molecule is COc1ccc(CNC(c2ccccc2)C(C)C)cc1Cl. The average molecular weight is 304 g/mol. The number of nitrogens with one attached hydrogen (secondary N) is 1. The predicted molar refractivity (Wildman–Crippen MR) is 88.9 cm³/mol. The van der Waals surface area contributed by atoms with Gasteiger partial charge in [-0.25, -0.2) is 0 Å². The second-order valence-electron chi connectivity index (χ2n) is 5.48. The van der Waals surface area contributed by atoms with Crippen molar-refractivity contribution in [3.8, 4) is 5.75 Å². The summed E-state index contributed by atoms with van der Waals surface area (Å²) in [5, 5.41) is 4.27. The third-order valence-electron chi connectivity index (χ3n) is 3.57. The van der Waals surface area contributed by atoms with E-state index >= 15 is 0 Å². The Labute approximate surface area is 132 Å². The summed E-state index contributed by atoms with van der Waals surface area (Å²) in [4.78, 5) is 0. The highest BCUT2D eigenvalue weighted by Crippen LogP contribution is 2.26. The summed E-state index contributed by atoms with van der Waals surface area (Å²) >= 11 is 6.17. The Kier molecular flexibility index (Phi) is 5.66. The van der Waals surface area contributed by atoms with Gasteiger partial charge in [0.05, 0.1) is 12.1 Å². The van der Waals surface area contributed by atoms with E-state index in [9.17, 15) is 0 Å². The molecule has 0 amide bonds. The molecule has 0 fully saturated rings. The molecule has 0 spiro atoms. The number of ether oxygens (including phenoxy) is 1. The largest absolute Gasteiger partial charge is 0.495 e. The molecule has 0 bridgehead atoms. The van der Waals surface area contributed by atoms with E-state index in [0.29, 0.717) is 22.7 Å². The quantitative estimate of drug-likeness (QED) is 0.825. The predicted octanol–water partition coefficient (Wildman–Crippen LogP) is 4.84. The molecule has 0 radical (unpaired) electrons. The fraction of sp³-hybridized carbons (Fsp3) is 0.333. The van der Waals surface area contributed by atoms with Crippen LogP contribution in [-0.2, 0) is 6.54 Å². The fourth-order valence-electron chi connectivity index (χ4n) is 2.45. The minimum absolute atomic E-state index is 0.326. The molecule has 0 aliphatic heterocycles. The smallest absolute Gasteiger partial charge is 0.137 e. The zero-order valence-corrected chi connectivity index (χ0v) is 13.5. The van der Waals surface area contributed by atoms with Gasteiger partial charge < -0.3 is 10.1 Å². The molecule has 0 saturated heterocycles. The normalized spacial score (nSPS) is 12.4. The van der Waals surface area contributed by atoms with Gasteiger partial charge in [-0.1, -0.05) is 61.8 Å².